The van der Waals surface area contributed by atoms with Gasteiger partial charge in [0.1, 0.15) is 17.6 Å². The molecular weight excluding hydrogens is 217 g/mol. The maximum absolute atomic E-state index is 12.8. The van der Waals surface area contributed by atoms with Gasteiger partial charge in [-0.15, -0.1) is 0 Å². The molecule has 0 aliphatic rings. The van der Waals surface area contributed by atoms with E-state index in [0.29, 0.717) is 0 Å². The Labute approximate surface area is 90.5 Å². The van der Waals surface area contributed by atoms with Crippen LogP contribution in [0.3, 0.4) is 0 Å². The highest BCUT2D eigenvalue weighted by molar-refractivity contribution is 5.98. The number of benzene rings is 1. The fourth-order valence-electron chi connectivity index (χ4n) is 1.03. The normalized spacial score (nSPS) is 11.9. The molecular formula is C10H10FNO4. The van der Waals surface area contributed by atoms with Gasteiger partial charge in [-0.25, -0.2) is 4.39 Å². The summed E-state index contributed by atoms with van der Waals surface area (Å²) in [7, 11) is 0. The van der Waals surface area contributed by atoms with E-state index in [1.165, 1.54) is 6.92 Å². The maximum Gasteiger partial charge on any atom is 0.325 e. The van der Waals surface area contributed by atoms with Crippen molar-refractivity contribution in [3.63, 3.8) is 0 Å². The van der Waals surface area contributed by atoms with E-state index in [1.54, 1.807) is 0 Å². The number of aliphatic carboxylic acids is 1. The van der Waals surface area contributed by atoms with E-state index in [9.17, 15) is 19.1 Å². The summed E-state index contributed by atoms with van der Waals surface area (Å²) >= 11 is 0. The van der Waals surface area contributed by atoms with Crippen molar-refractivity contribution in [2.45, 2.75) is 13.0 Å². The van der Waals surface area contributed by atoms with Gasteiger partial charge in [0.25, 0.3) is 5.91 Å². The van der Waals surface area contributed by atoms with Gasteiger partial charge < -0.3 is 15.5 Å². The number of hydrogen-bond acceptors (Lipinski definition) is 3. The Morgan fingerprint density at radius 2 is 2.06 bits per heavy atom. The fourth-order valence-corrected chi connectivity index (χ4v) is 1.03. The summed E-state index contributed by atoms with van der Waals surface area (Å²) in [5, 5.41) is 19.9. The first-order valence-corrected chi connectivity index (χ1v) is 4.44. The average molecular weight is 227 g/mol. The first-order valence-electron chi connectivity index (χ1n) is 4.44. The molecule has 3 N–H and O–H groups in total. The van der Waals surface area contributed by atoms with Crippen molar-refractivity contribution >= 4 is 11.9 Å². The zero-order valence-corrected chi connectivity index (χ0v) is 8.40. The van der Waals surface area contributed by atoms with Crippen molar-refractivity contribution in [2.75, 3.05) is 0 Å². The number of phenolic OH excluding ortho intramolecular Hbond substituents is 1. The molecule has 0 saturated heterocycles. The summed E-state index contributed by atoms with van der Waals surface area (Å²) in [6.07, 6.45) is 0. The summed E-state index contributed by atoms with van der Waals surface area (Å²) < 4.78 is 12.8. The predicted octanol–water partition coefficient (Wildman–Crippen LogP) is 0.734. The second-order valence-electron chi connectivity index (χ2n) is 3.19. The minimum atomic E-state index is -1.22. The molecule has 0 aromatic heterocycles. The fraction of sp³-hybridized carbons (Fsp3) is 0.200. The van der Waals surface area contributed by atoms with Gasteiger partial charge in [-0.2, -0.15) is 0 Å². The standard InChI is InChI=1S/C10H10FNO4/c1-5(10(15)16)12-9(14)7-4-6(11)2-3-8(7)13/h2-5,13H,1H3,(H,12,14)(H,15,16). The lowest BCUT2D eigenvalue weighted by atomic mass is 10.1. The lowest BCUT2D eigenvalue weighted by Crippen LogP contribution is -2.38. The van der Waals surface area contributed by atoms with Crippen LogP contribution in [0.25, 0.3) is 0 Å². The van der Waals surface area contributed by atoms with E-state index in [-0.39, 0.29) is 5.56 Å². The minimum absolute atomic E-state index is 0.298. The molecule has 0 bridgehead atoms. The van der Waals surface area contributed by atoms with Gasteiger partial charge in [0, 0.05) is 0 Å². The van der Waals surface area contributed by atoms with Crippen LogP contribution in [0.5, 0.6) is 5.75 Å². The van der Waals surface area contributed by atoms with E-state index < -0.39 is 29.5 Å². The molecule has 0 aliphatic heterocycles. The summed E-state index contributed by atoms with van der Waals surface area (Å²) in [5.41, 5.74) is -0.298. The van der Waals surface area contributed by atoms with E-state index >= 15 is 0 Å². The second-order valence-corrected chi connectivity index (χ2v) is 3.19. The number of carboxylic acids is 1. The van der Waals surface area contributed by atoms with Crippen LogP contribution in [0.4, 0.5) is 4.39 Å². The quantitative estimate of drug-likeness (QED) is 0.710. The molecule has 0 heterocycles. The molecule has 0 fully saturated rings. The third kappa shape index (κ3) is 2.69. The molecule has 0 spiro atoms. The van der Waals surface area contributed by atoms with Crippen LogP contribution in [-0.2, 0) is 4.79 Å². The van der Waals surface area contributed by atoms with E-state index in [4.69, 9.17) is 5.11 Å². The molecule has 1 rings (SSSR count). The SMILES string of the molecule is CC(NC(=O)c1cc(F)ccc1O)C(=O)O. The molecule has 0 aliphatic carbocycles. The van der Waals surface area contributed by atoms with Crippen LogP contribution in [0.2, 0.25) is 0 Å². The molecule has 5 nitrogen and oxygen atoms in total. The third-order valence-corrected chi connectivity index (χ3v) is 1.92. The van der Waals surface area contributed by atoms with Crippen LogP contribution in [0, 0.1) is 5.82 Å². The Hall–Kier alpha value is -2.11. The third-order valence-electron chi connectivity index (χ3n) is 1.92. The van der Waals surface area contributed by atoms with Crippen molar-refractivity contribution in [1.82, 2.24) is 5.32 Å². The molecule has 0 radical (unpaired) electrons. The predicted molar refractivity (Wildman–Crippen MR) is 52.6 cm³/mol. The number of amides is 1. The average Bonchev–Trinajstić information content (AvgIpc) is 2.21. The summed E-state index contributed by atoms with van der Waals surface area (Å²) in [4.78, 5) is 21.9. The Balaban J connectivity index is 2.88. The first-order chi connectivity index (χ1) is 7.41. The molecule has 86 valence electrons. The number of carbonyl (C=O) groups excluding carboxylic acids is 1. The number of nitrogens with one attached hydrogen (secondary N) is 1. The number of carbonyl (C=O) groups is 2. The molecule has 1 aromatic carbocycles. The number of hydrogen-bond donors (Lipinski definition) is 3. The monoisotopic (exact) mass is 227 g/mol. The first kappa shape index (κ1) is 12.0. The van der Waals surface area contributed by atoms with Crippen molar-refractivity contribution in [3.8, 4) is 5.75 Å². The number of rotatable bonds is 3. The highest BCUT2D eigenvalue weighted by atomic mass is 19.1. The van der Waals surface area contributed by atoms with Crippen LogP contribution in [0.1, 0.15) is 17.3 Å². The molecule has 6 heteroatoms. The second kappa shape index (κ2) is 4.61. The van der Waals surface area contributed by atoms with Crippen LogP contribution in [0.15, 0.2) is 18.2 Å². The summed E-state index contributed by atoms with van der Waals surface area (Å²) in [6, 6.07) is 1.73. The van der Waals surface area contributed by atoms with E-state index in [2.05, 4.69) is 5.32 Å². The van der Waals surface area contributed by atoms with E-state index in [0.717, 1.165) is 18.2 Å². The van der Waals surface area contributed by atoms with Gasteiger partial charge in [0.15, 0.2) is 0 Å². The summed E-state index contributed by atoms with van der Waals surface area (Å²) in [5.74, 6) is -3.15. The Kier molecular flexibility index (Phi) is 3.44. The minimum Gasteiger partial charge on any atom is -0.507 e. The molecule has 1 amide bonds. The van der Waals surface area contributed by atoms with Crippen molar-refractivity contribution in [2.24, 2.45) is 0 Å². The zero-order valence-electron chi connectivity index (χ0n) is 8.40. The lowest BCUT2D eigenvalue weighted by Gasteiger charge is -2.10. The van der Waals surface area contributed by atoms with Gasteiger partial charge in [-0.1, -0.05) is 0 Å². The van der Waals surface area contributed by atoms with Gasteiger partial charge in [0.05, 0.1) is 5.56 Å². The van der Waals surface area contributed by atoms with Crippen molar-refractivity contribution < 1.29 is 24.2 Å². The summed E-state index contributed by atoms with van der Waals surface area (Å²) in [6.45, 7) is 1.26. The molecule has 16 heavy (non-hydrogen) atoms. The maximum atomic E-state index is 12.8. The molecule has 1 unspecified atom stereocenters. The topological polar surface area (TPSA) is 86.6 Å². The van der Waals surface area contributed by atoms with E-state index in [1.807, 2.05) is 0 Å². The van der Waals surface area contributed by atoms with Gasteiger partial charge in [0.2, 0.25) is 0 Å². The van der Waals surface area contributed by atoms with Crippen molar-refractivity contribution in [3.05, 3.63) is 29.6 Å². The Morgan fingerprint density at radius 1 is 1.44 bits per heavy atom. The Morgan fingerprint density at radius 3 is 2.62 bits per heavy atom. The molecule has 1 aromatic rings. The molecule has 0 saturated carbocycles. The van der Waals surface area contributed by atoms with Crippen LogP contribution >= 0.6 is 0 Å². The number of aromatic hydroxyl groups is 1. The van der Waals surface area contributed by atoms with Gasteiger partial charge in [-0.3, -0.25) is 9.59 Å². The number of carboxylic acid groups (broad SMARTS) is 1. The number of phenols is 1. The smallest absolute Gasteiger partial charge is 0.325 e. The van der Waals surface area contributed by atoms with Crippen molar-refractivity contribution in [1.29, 1.82) is 0 Å². The highest BCUT2D eigenvalue weighted by Crippen LogP contribution is 2.17. The largest absolute Gasteiger partial charge is 0.507 e. The van der Waals surface area contributed by atoms with Gasteiger partial charge in [-0.05, 0) is 25.1 Å². The van der Waals surface area contributed by atoms with Crippen LogP contribution in [-0.4, -0.2) is 28.1 Å². The Bertz CT molecular complexity index is 433. The zero-order chi connectivity index (χ0) is 12.3. The lowest BCUT2D eigenvalue weighted by molar-refractivity contribution is -0.138. The number of halogens is 1. The molecule has 1 atom stereocenters. The van der Waals surface area contributed by atoms with Gasteiger partial charge >= 0.3 is 5.97 Å². The van der Waals surface area contributed by atoms with Crippen LogP contribution < -0.4 is 5.32 Å². The highest BCUT2D eigenvalue weighted by Gasteiger charge is 2.18.